The van der Waals surface area contributed by atoms with Crippen LogP contribution < -0.4 is 5.32 Å². The van der Waals surface area contributed by atoms with E-state index in [0.717, 1.165) is 18.4 Å². The van der Waals surface area contributed by atoms with Gasteiger partial charge in [-0.2, -0.15) is 0 Å². The lowest BCUT2D eigenvalue weighted by molar-refractivity contribution is 0.0803. The van der Waals surface area contributed by atoms with Crippen LogP contribution in [0.5, 0.6) is 0 Å². The standard InChI is InChI=1S/C19H30N2/c1-14-10-16(14)12-21-13-18(19(2,3)4)20-11-17(21)15-8-6-5-7-9-15/h5-9,14,16-18,20H,10-13H2,1-4H3. The minimum atomic E-state index is 0.328. The summed E-state index contributed by atoms with van der Waals surface area (Å²) in [7, 11) is 0. The summed E-state index contributed by atoms with van der Waals surface area (Å²) in [6.07, 6.45) is 1.42. The van der Waals surface area contributed by atoms with Crippen LogP contribution in [0, 0.1) is 17.3 Å². The van der Waals surface area contributed by atoms with Gasteiger partial charge in [0.1, 0.15) is 0 Å². The molecule has 1 aromatic carbocycles. The number of rotatable bonds is 3. The molecule has 2 nitrogen and oxygen atoms in total. The van der Waals surface area contributed by atoms with Crippen molar-refractivity contribution >= 4 is 0 Å². The number of nitrogens with zero attached hydrogens (tertiary/aromatic N) is 1. The number of benzene rings is 1. The van der Waals surface area contributed by atoms with Crippen molar-refractivity contribution in [1.82, 2.24) is 10.2 Å². The van der Waals surface area contributed by atoms with Crippen molar-refractivity contribution in [2.45, 2.75) is 46.2 Å². The van der Waals surface area contributed by atoms with Crippen molar-refractivity contribution in [2.75, 3.05) is 19.6 Å². The van der Waals surface area contributed by atoms with Crippen LogP contribution in [0.15, 0.2) is 30.3 Å². The molecule has 4 atom stereocenters. The summed E-state index contributed by atoms with van der Waals surface area (Å²) in [5, 5.41) is 3.80. The minimum Gasteiger partial charge on any atom is -0.310 e. The highest BCUT2D eigenvalue weighted by Gasteiger charge is 2.40. The van der Waals surface area contributed by atoms with Gasteiger partial charge in [-0.3, -0.25) is 4.90 Å². The molecule has 1 saturated heterocycles. The van der Waals surface area contributed by atoms with Crippen LogP contribution in [0.2, 0.25) is 0 Å². The normalized spacial score (nSPS) is 33.9. The van der Waals surface area contributed by atoms with Gasteiger partial charge < -0.3 is 5.32 Å². The highest BCUT2D eigenvalue weighted by atomic mass is 15.2. The number of hydrogen-bond donors (Lipinski definition) is 1. The largest absolute Gasteiger partial charge is 0.310 e. The molecule has 1 aliphatic heterocycles. The third-order valence-corrected chi connectivity index (χ3v) is 5.39. The van der Waals surface area contributed by atoms with E-state index in [1.807, 2.05) is 0 Å². The van der Waals surface area contributed by atoms with E-state index in [1.54, 1.807) is 0 Å². The molecular weight excluding hydrogens is 256 g/mol. The summed E-state index contributed by atoms with van der Waals surface area (Å²) in [5.41, 5.74) is 1.79. The molecule has 3 rings (SSSR count). The lowest BCUT2D eigenvalue weighted by atomic mass is 9.84. The molecule has 4 unspecified atom stereocenters. The van der Waals surface area contributed by atoms with Crippen LogP contribution in [0.3, 0.4) is 0 Å². The molecule has 1 N–H and O–H groups in total. The minimum absolute atomic E-state index is 0.328. The molecule has 0 aromatic heterocycles. The Morgan fingerprint density at radius 3 is 2.43 bits per heavy atom. The zero-order chi connectivity index (χ0) is 15.0. The van der Waals surface area contributed by atoms with Gasteiger partial charge in [-0.1, -0.05) is 58.0 Å². The van der Waals surface area contributed by atoms with Crippen molar-refractivity contribution in [3.05, 3.63) is 35.9 Å². The molecule has 21 heavy (non-hydrogen) atoms. The van der Waals surface area contributed by atoms with Gasteiger partial charge in [0.15, 0.2) is 0 Å². The second-order valence-electron chi connectivity index (χ2n) is 8.18. The maximum atomic E-state index is 3.80. The molecule has 2 aliphatic rings. The average molecular weight is 286 g/mol. The second kappa shape index (κ2) is 5.73. The smallest absolute Gasteiger partial charge is 0.0473 e. The van der Waals surface area contributed by atoms with Gasteiger partial charge in [0.25, 0.3) is 0 Å². The zero-order valence-corrected chi connectivity index (χ0v) is 14.0. The first-order chi connectivity index (χ1) is 9.95. The first kappa shape index (κ1) is 15.1. The van der Waals surface area contributed by atoms with E-state index in [9.17, 15) is 0 Å². The summed E-state index contributed by atoms with van der Waals surface area (Å²) in [4.78, 5) is 2.75. The molecule has 0 bridgehead atoms. The third-order valence-electron chi connectivity index (χ3n) is 5.39. The zero-order valence-electron chi connectivity index (χ0n) is 14.0. The van der Waals surface area contributed by atoms with Gasteiger partial charge in [-0.25, -0.2) is 0 Å². The van der Waals surface area contributed by atoms with Crippen LogP contribution in [-0.2, 0) is 0 Å². The van der Waals surface area contributed by atoms with Crippen LogP contribution in [0.4, 0.5) is 0 Å². The van der Waals surface area contributed by atoms with Gasteiger partial charge in [-0.05, 0) is 29.2 Å². The molecule has 2 fully saturated rings. The lowest BCUT2D eigenvalue weighted by Gasteiger charge is -2.45. The van der Waals surface area contributed by atoms with Gasteiger partial charge in [0.05, 0.1) is 0 Å². The lowest BCUT2D eigenvalue weighted by Crippen LogP contribution is -2.57. The Bertz CT molecular complexity index is 462. The van der Waals surface area contributed by atoms with E-state index in [2.05, 4.69) is 68.2 Å². The predicted molar refractivity (Wildman–Crippen MR) is 89.3 cm³/mol. The molecule has 116 valence electrons. The van der Waals surface area contributed by atoms with Crippen LogP contribution in [-0.4, -0.2) is 30.6 Å². The molecule has 1 aliphatic carbocycles. The van der Waals surface area contributed by atoms with Crippen molar-refractivity contribution < 1.29 is 0 Å². The van der Waals surface area contributed by atoms with E-state index in [0.29, 0.717) is 17.5 Å². The topological polar surface area (TPSA) is 15.3 Å². The molecule has 1 aromatic rings. The van der Waals surface area contributed by atoms with E-state index < -0.39 is 0 Å². The van der Waals surface area contributed by atoms with Gasteiger partial charge in [0.2, 0.25) is 0 Å². The van der Waals surface area contributed by atoms with Gasteiger partial charge >= 0.3 is 0 Å². The van der Waals surface area contributed by atoms with Crippen LogP contribution in [0.1, 0.15) is 45.7 Å². The monoisotopic (exact) mass is 286 g/mol. The summed E-state index contributed by atoms with van der Waals surface area (Å²) in [5.74, 6) is 1.86. The highest BCUT2D eigenvalue weighted by molar-refractivity contribution is 5.20. The second-order valence-corrected chi connectivity index (χ2v) is 8.18. The number of nitrogens with one attached hydrogen (secondary N) is 1. The maximum Gasteiger partial charge on any atom is 0.0473 e. The summed E-state index contributed by atoms with van der Waals surface area (Å²) < 4.78 is 0. The average Bonchev–Trinajstić information content (AvgIpc) is 3.14. The molecule has 0 amide bonds. The maximum absolute atomic E-state index is 3.80. The van der Waals surface area contributed by atoms with Gasteiger partial charge in [0, 0.05) is 31.7 Å². The molecule has 0 spiro atoms. The number of piperazine rings is 1. The van der Waals surface area contributed by atoms with Crippen molar-refractivity contribution in [1.29, 1.82) is 0 Å². The SMILES string of the molecule is CC1CC1CN1CC(C(C)(C)C)NCC1c1ccccc1. The third kappa shape index (κ3) is 3.49. The Morgan fingerprint density at radius 1 is 1.19 bits per heavy atom. The fraction of sp³-hybridized carbons (Fsp3) is 0.684. The Balaban J connectivity index is 1.75. The fourth-order valence-electron chi connectivity index (χ4n) is 3.55. The van der Waals surface area contributed by atoms with E-state index in [-0.39, 0.29) is 0 Å². The van der Waals surface area contributed by atoms with Crippen molar-refractivity contribution in [3.8, 4) is 0 Å². The molecule has 1 heterocycles. The first-order valence-corrected chi connectivity index (χ1v) is 8.47. The Morgan fingerprint density at radius 2 is 1.86 bits per heavy atom. The number of hydrogen-bond acceptors (Lipinski definition) is 2. The summed E-state index contributed by atoms with van der Waals surface area (Å²) in [6, 6.07) is 12.2. The first-order valence-electron chi connectivity index (χ1n) is 8.47. The molecule has 2 heteroatoms. The van der Waals surface area contributed by atoms with Crippen LogP contribution in [0.25, 0.3) is 0 Å². The summed E-state index contributed by atoms with van der Waals surface area (Å²) in [6.45, 7) is 13.0. The fourth-order valence-corrected chi connectivity index (χ4v) is 3.55. The predicted octanol–water partition coefficient (Wildman–Crippen LogP) is 3.70. The van der Waals surface area contributed by atoms with Gasteiger partial charge in [-0.15, -0.1) is 0 Å². The molecule has 0 radical (unpaired) electrons. The van der Waals surface area contributed by atoms with Crippen molar-refractivity contribution in [3.63, 3.8) is 0 Å². The molecule has 1 saturated carbocycles. The van der Waals surface area contributed by atoms with Crippen LogP contribution >= 0.6 is 0 Å². The van der Waals surface area contributed by atoms with E-state index in [4.69, 9.17) is 0 Å². The summed E-state index contributed by atoms with van der Waals surface area (Å²) >= 11 is 0. The molecular formula is C19H30N2. The van der Waals surface area contributed by atoms with Crippen molar-refractivity contribution in [2.24, 2.45) is 17.3 Å². The Hall–Kier alpha value is -0.860. The Kier molecular flexibility index (Phi) is 4.11. The van der Waals surface area contributed by atoms with E-state index in [1.165, 1.54) is 25.1 Å². The van der Waals surface area contributed by atoms with E-state index >= 15 is 0 Å². The Labute approximate surface area is 129 Å². The highest BCUT2D eigenvalue weighted by Crippen LogP contribution is 2.40. The quantitative estimate of drug-likeness (QED) is 0.911.